The van der Waals surface area contributed by atoms with Crippen molar-refractivity contribution < 1.29 is 50.7 Å². The monoisotopic (exact) mass is 689 g/mol. The standard InChI is InChI=1S/C19H21F2N7O11P2S.2H3N/c20-10-7-3-34-40(31,32)38-13-8(37-17(11(13)21)28-6-25-12-15(22)23-5-24-16(12)28)4-35-41(33,42)39-14(10)18(36-7)27-2-1-9(29)26-19(27)30;;/h1-2,5-8,10-11,13-14,17-18H,3-4H2,(H,31,32)(H,33,42)(H2,22,23,24)(H,26,29,30);2*1H3/t7-,8-,10-,11-,13-,14-,17-,18-,41?;;/m1../s1. The number of nitrogens with one attached hydrogen (secondary N) is 1. The molecule has 3 aromatic rings. The lowest BCUT2D eigenvalue weighted by Gasteiger charge is -2.34. The molecular weight excluding hydrogens is 662 g/mol. The lowest BCUT2D eigenvalue weighted by atomic mass is 10.1. The summed E-state index contributed by atoms with van der Waals surface area (Å²) in [5.74, 6) is -0.0126. The zero-order valence-corrected chi connectivity index (χ0v) is 25.3. The Labute approximate surface area is 249 Å². The second kappa shape index (κ2) is 12.6. The molecule has 2 bridgehead atoms. The molecule has 6 heterocycles. The topological polar surface area (TPSA) is 316 Å². The summed E-state index contributed by atoms with van der Waals surface area (Å²) in [4.78, 5) is 63.5. The van der Waals surface area contributed by atoms with Crippen molar-refractivity contribution in [3.05, 3.63) is 45.8 Å². The highest BCUT2D eigenvalue weighted by Crippen LogP contribution is 2.51. The Kier molecular flexibility index (Phi) is 9.84. The Morgan fingerprint density at radius 2 is 1.68 bits per heavy atom. The van der Waals surface area contributed by atoms with Gasteiger partial charge in [0.25, 0.3) is 13.4 Å². The van der Waals surface area contributed by atoms with Gasteiger partial charge in [0, 0.05) is 12.3 Å². The summed E-state index contributed by atoms with van der Waals surface area (Å²) in [5, 5.41) is 0. The van der Waals surface area contributed by atoms with Gasteiger partial charge < -0.3 is 55.4 Å². The van der Waals surface area contributed by atoms with Gasteiger partial charge in [-0.05, 0) is 0 Å². The van der Waals surface area contributed by atoms with Crippen LogP contribution >= 0.6 is 14.5 Å². The fraction of sp³-hybridized carbons (Fsp3) is 0.526. The molecular formula is C19H27F2N9O11P2S. The molecule has 44 heavy (non-hydrogen) atoms. The number of halogens is 2. The normalized spacial score (nSPS) is 37.5. The quantitative estimate of drug-likeness (QED) is 0.236. The number of nitrogens with two attached hydrogens (primary N) is 1. The van der Waals surface area contributed by atoms with E-state index in [2.05, 4.69) is 15.0 Å². The summed E-state index contributed by atoms with van der Waals surface area (Å²) >= 11 is 4.91. The van der Waals surface area contributed by atoms with E-state index in [1.165, 1.54) is 0 Å². The average Bonchev–Trinajstić information content (AvgIpc) is 3.57. The second-order valence-corrected chi connectivity index (χ2v) is 13.3. The molecule has 0 aromatic carbocycles. The van der Waals surface area contributed by atoms with Crippen molar-refractivity contribution in [2.45, 2.75) is 49.2 Å². The van der Waals surface area contributed by atoms with E-state index in [0.29, 0.717) is 4.57 Å². The van der Waals surface area contributed by atoms with E-state index in [4.69, 9.17) is 45.1 Å². The third kappa shape index (κ3) is 6.37. The van der Waals surface area contributed by atoms with E-state index in [9.17, 15) is 23.9 Å². The highest BCUT2D eigenvalue weighted by atomic mass is 32.5. The molecule has 25 heteroatoms. The second-order valence-electron chi connectivity index (χ2n) is 9.25. The maximum Gasteiger partial charge on any atom is 0.330 e. The summed E-state index contributed by atoms with van der Waals surface area (Å²) in [7, 11) is -5.41. The number of nitrogen functional groups attached to an aromatic ring is 1. The maximum atomic E-state index is 15.8. The number of hydrogen-bond donors (Lipinski definition) is 4. The number of H-pyrrole nitrogens is 1. The number of nitrogens with zero attached hydrogens (tertiary/aromatic N) is 5. The van der Waals surface area contributed by atoms with Gasteiger partial charge in [0.05, 0.1) is 19.5 Å². The van der Waals surface area contributed by atoms with E-state index in [-0.39, 0.29) is 29.3 Å². The van der Waals surface area contributed by atoms with Gasteiger partial charge in [0.15, 0.2) is 36.3 Å². The van der Waals surface area contributed by atoms with Gasteiger partial charge in [-0.25, -0.2) is 28.5 Å². The summed E-state index contributed by atoms with van der Waals surface area (Å²) in [6, 6.07) is 0.923. The lowest BCUT2D eigenvalue weighted by Crippen LogP contribution is -2.38. The molecule has 0 aliphatic carbocycles. The minimum absolute atomic E-state index is 0. The fourth-order valence-electron chi connectivity index (χ4n) is 4.72. The number of phosphoric acid groups is 1. The summed E-state index contributed by atoms with van der Waals surface area (Å²) in [6.45, 7) is -6.56. The molecule has 3 aliphatic rings. The summed E-state index contributed by atoms with van der Waals surface area (Å²) in [5.41, 5.74) is 4.12. The lowest BCUT2D eigenvalue weighted by molar-refractivity contribution is -0.236. The number of phosphoric ester groups is 1. The van der Waals surface area contributed by atoms with Crippen LogP contribution in [0.4, 0.5) is 14.6 Å². The van der Waals surface area contributed by atoms with Crippen molar-refractivity contribution in [1.29, 1.82) is 0 Å². The molecule has 2 unspecified atom stereocenters. The predicted molar refractivity (Wildman–Crippen MR) is 144 cm³/mol. The highest BCUT2D eigenvalue weighted by Gasteiger charge is 2.52. The van der Waals surface area contributed by atoms with Gasteiger partial charge in [0.2, 0.25) is 0 Å². The number of aromatic nitrogens is 6. The van der Waals surface area contributed by atoms with Crippen LogP contribution in [-0.4, -0.2) is 79.0 Å². The van der Waals surface area contributed by atoms with Crippen molar-refractivity contribution in [1.82, 2.24) is 41.4 Å². The van der Waals surface area contributed by atoms with Crippen LogP contribution in [0.5, 0.6) is 0 Å². The van der Waals surface area contributed by atoms with Gasteiger partial charge in [0.1, 0.15) is 43.0 Å². The molecule has 20 nitrogen and oxygen atoms in total. The number of aromatic amines is 1. The number of imidazole rings is 1. The van der Waals surface area contributed by atoms with Gasteiger partial charge in [-0.1, -0.05) is 11.8 Å². The number of anilines is 1. The molecule has 3 saturated heterocycles. The SMILES string of the molecule is Nc1ncnc2c1ncn2[C@@H]1O[C@@H]2COP([O-])(=S)O[C@@H]3[C@H](F)[C@@H](COP(=O)([O-])O[C@H]2[C@H]1F)O[C@H]3n1ccc(=O)[nH]c1=O.[NH4+].[NH4+]. The van der Waals surface area contributed by atoms with E-state index in [0.717, 1.165) is 29.5 Å². The van der Waals surface area contributed by atoms with Gasteiger partial charge in [-0.3, -0.25) is 23.5 Å². The van der Waals surface area contributed by atoms with Crippen molar-refractivity contribution in [3.63, 3.8) is 0 Å². The molecule has 3 fully saturated rings. The molecule has 0 amide bonds. The Balaban J connectivity index is 0.00000221. The van der Waals surface area contributed by atoms with Crippen molar-refractivity contribution >= 4 is 43.3 Å². The molecule has 0 spiro atoms. The third-order valence-corrected chi connectivity index (χ3v) is 9.12. The molecule has 10 atom stereocenters. The third-order valence-electron chi connectivity index (χ3n) is 6.61. The molecule has 0 saturated carbocycles. The van der Waals surface area contributed by atoms with Gasteiger partial charge >= 0.3 is 5.69 Å². The largest absolute Gasteiger partial charge is 0.780 e. The first-order chi connectivity index (χ1) is 19.8. The maximum absolute atomic E-state index is 15.8. The first-order valence-corrected chi connectivity index (χ1v) is 16.0. The number of alkyl halides is 2. The average molecular weight is 689 g/mol. The fourth-order valence-corrected chi connectivity index (χ4v) is 7.05. The predicted octanol–water partition coefficient (Wildman–Crippen LogP) is -0.947. The van der Waals surface area contributed by atoms with Crippen LogP contribution in [0.25, 0.3) is 11.2 Å². The summed E-state index contributed by atoms with van der Waals surface area (Å²) in [6.07, 6.45) is -11.8. The minimum atomic E-state index is -5.41. The Morgan fingerprint density at radius 1 is 0.977 bits per heavy atom. The number of quaternary nitrogens is 2. The first-order valence-electron chi connectivity index (χ1n) is 11.9. The number of hydrogen-bond acceptors (Lipinski definition) is 16. The molecule has 11 N–H and O–H groups in total. The molecule has 0 radical (unpaired) electrons. The van der Waals surface area contributed by atoms with Gasteiger partial charge in [-0.15, -0.1) is 0 Å². The van der Waals surface area contributed by atoms with E-state index < -0.39 is 88.2 Å². The van der Waals surface area contributed by atoms with Crippen LogP contribution in [0, 0.1) is 0 Å². The molecule has 244 valence electrons. The molecule has 6 rings (SSSR count). The van der Waals surface area contributed by atoms with E-state index >= 15 is 8.78 Å². The number of fused-ring (bicyclic) bond motifs is 4. The molecule has 3 aliphatic heterocycles. The van der Waals surface area contributed by atoms with Crippen LogP contribution in [0.2, 0.25) is 0 Å². The van der Waals surface area contributed by atoms with Gasteiger partial charge in [-0.2, -0.15) is 0 Å². The Morgan fingerprint density at radius 3 is 2.41 bits per heavy atom. The van der Waals surface area contributed by atoms with Crippen LogP contribution in [-0.2, 0) is 43.9 Å². The van der Waals surface area contributed by atoms with Crippen LogP contribution in [0.15, 0.2) is 34.5 Å². The van der Waals surface area contributed by atoms with E-state index in [1.807, 2.05) is 4.98 Å². The molecule has 3 aromatic heterocycles. The number of rotatable bonds is 2. The van der Waals surface area contributed by atoms with Crippen molar-refractivity contribution in [2.75, 3.05) is 18.9 Å². The van der Waals surface area contributed by atoms with Crippen molar-refractivity contribution in [3.8, 4) is 0 Å². The van der Waals surface area contributed by atoms with Crippen LogP contribution in [0.1, 0.15) is 12.5 Å². The minimum Gasteiger partial charge on any atom is -0.780 e. The number of ether oxygens (including phenoxy) is 2. The zero-order chi connectivity index (χ0) is 30.0. The first kappa shape index (κ1) is 34.2. The van der Waals surface area contributed by atoms with Crippen LogP contribution in [0.3, 0.4) is 0 Å². The Bertz CT molecular complexity index is 1730. The zero-order valence-electron chi connectivity index (χ0n) is 22.7. The smallest absolute Gasteiger partial charge is 0.330 e. The summed E-state index contributed by atoms with van der Waals surface area (Å²) < 4.78 is 77.1. The highest BCUT2D eigenvalue weighted by molar-refractivity contribution is 8.06. The Hall–Kier alpha value is -2.63. The van der Waals surface area contributed by atoms with Crippen molar-refractivity contribution in [2.24, 2.45) is 0 Å². The van der Waals surface area contributed by atoms with E-state index in [1.54, 1.807) is 0 Å². The van der Waals surface area contributed by atoms with Crippen LogP contribution < -0.4 is 39.1 Å².